The summed E-state index contributed by atoms with van der Waals surface area (Å²) in [6, 6.07) is 25.9. The number of nitrogens with zero attached hydrogens (tertiary/aromatic N) is 3. The molecule has 0 bridgehead atoms. The molecule has 230 valence electrons. The Morgan fingerprint density at radius 3 is 2.09 bits per heavy atom. The first kappa shape index (κ1) is 31.1. The van der Waals surface area contributed by atoms with Crippen LogP contribution in [0, 0.1) is 5.82 Å². The van der Waals surface area contributed by atoms with E-state index in [-0.39, 0.29) is 23.6 Å². The molecule has 9 heteroatoms. The highest BCUT2D eigenvalue weighted by Crippen LogP contribution is 2.31. The van der Waals surface area contributed by atoms with Gasteiger partial charge in [0.2, 0.25) is 5.91 Å². The Morgan fingerprint density at radius 2 is 1.44 bits per heavy atom. The molecule has 0 fully saturated rings. The Morgan fingerprint density at radius 1 is 0.822 bits per heavy atom. The first-order valence-electron chi connectivity index (χ1n) is 14.7. The fourth-order valence-electron chi connectivity index (χ4n) is 5.35. The lowest BCUT2D eigenvalue weighted by Gasteiger charge is -2.33. The van der Waals surface area contributed by atoms with Gasteiger partial charge in [-0.05, 0) is 59.5 Å². The molecule has 1 aliphatic rings. The second kappa shape index (κ2) is 13.1. The summed E-state index contributed by atoms with van der Waals surface area (Å²) in [5.74, 6) is -3.00. The smallest absolute Gasteiger partial charge is 0.299 e. The van der Waals surface area contributed by atoms with Crippen molar-refractivity contribution < 1.29 is 23.6 Å². The summed E-state index contributed by atoms with van der Waals surface area (Å²) in [6.45, 7) is 3.34. The van der Waals surface area contributed by atoms with Gasteiger partial charge in [0.25, 0.3) is 17.6 Å². The molecule has 3 amide bonds. The molecule has 0 aromatic heterocycles. The number of anilines is 3. The average molecular weight is 607 g/mol. The molecule has 0 saturated heterocycles. The summed E-state index contributed by atoms with van der Waals surface area (Å²) >= 11 is 0. The molecule has 1 atom stereocenters. The maximum absolute atomic E-state index is 15.0. The number of hydrogen-bond acceptors (Lipinski definition) is 5. The largest absolute Gasteiger partial charge is 0.378 e. The summed E-state index contributed by atoms with van der Waals surface area (Å²) in [5, 5.41) is 2.93. The van der Waals surface area contributed by atoms with Gasteiger partial charge in [0.15, 0.2) is 0 Å². The van der Waals surface area contributed by atoms with E-state index in [0.717, 1.165) is 16.2 Å². The van der Waals surface area contributed by atoms with E-state index in [1.165, 1.54) is 17.0 Å². The highest BCUT2D eigenvalue weighted by molar-refractivity contribution is 6.52. The standard InChI is InChI=1S/C36H35FN4O4/c1-23(2)24-13-15-25(16-14-24)33(35(44)38-27-17-19-28(20-18-27)39(3)4)41(21-26-9-5-7-11-30(26)37)32(42)22-40-31-12-8-6-10-29(31)34(43)36(40)45/h5-20,23,33H,21-22H2,1-4H3,(H,38,44). The molecule has 0 radical (unpaired) electrons. The van der Waals surface area contributed by atoms with Crippen molar-refractivity contribution in [2.24, 2.45) is 0 Å². The molecule has 8 nitrogen and oxygen atoms in total. The van der Waals surface area contributed by atoms with Gasteiger partial charge in [-0.15, -0.1) is 0 Å². The topological polar surface area (TPSA) is 90.0 Å². The van der Waals surface area contributed by atoms with Gasteiger partial charge in [0.05, 0.1) is 11.3 Å². The van der Waals surface area contributed by atoms with Crippen molar-refractivity contribution in [3.8, 4) is 0 Å². The van der Waals surface area contributed by atoms with E-state index in [2.05, 4.69) is 19.2 Å². The Kier molecular flexibility index (Phi) is 9.08. The number of para-hydroxylation sites is 1. The van der Waals surface area contributed by atoms with E-state index < -0.39 is 41.9 Å². The lowest BCUT2D eigenvalue weighted by molar-refractivity contribution is -0.139. The molecule has 1 heterocycles. The van der Waals surface area contributed by atoms with Crippen LogP contribution in [-0.4, -0.2) is 49.0 Å². The van der Waals surface area contributed by atoms with Gasteiger partial charge < -0.3 is 15.1 Å². The van der Waals surface area contributed by atoms with Crippen LogP contribution in [0.25, 0.3) is 0 Å². The van der Waals surface area contributed by atoms with E-state index in [4.69, 9.17) is 0 Å². The van der Waals surface area contributed by atoms with Gasteiger partial charge in [-0.2, -0.15) is 0 Å². The zero-order valence-electron chi connectivity index (χ0n) is 25.7. The lowest BCUT2D eigenvalue weighted by Crippen LogP contribution is -2.46. The lowest BCUT2D eigenvalue weighted by atomic mass is 9.97. The SMILES string of the molecule is CC(C)c1ccc(C(C(=O)Nc2ccc(N(C)C)cc2)N(Cc2ccccc2F)C(=O)CN2C(=O)C(=O)c3ccccc32)cc1. The molecule has 1 aliphatic heterocycles. The molecule has 0 spiro atoms. The number of hydrogen-bond donors (Lipinski definition) is 1. The van der Waals surface area contributed by atoms with Crippen LogP contribution in [-0.2, 0) is 20.9 Å². The first-order valence-corrected chi connectivity index (χ1v) is 14.7. The van der Waals surface area contributed by atoms with Crippen molar-refractivity contribution in [1.82, 2.24) is 4.90 Å². The highest BCUT2D eigenvalue weighted by atomic mass is 19.1. The number of Topliss-reactive ketones (excluding diaryl/α,β-unsaturated/α-hetero) is 1. The molecular weight excluding hydrogens is 571 g/mol. The Labute approximate surface area is 262 Å². The average Bonchev–Trinajstić information content (AvgIpc) is 3.27. The van der Waals surface area contributed by atoms with E-state index >= 15 is 4.39 Å². The molecule has 1 unspecified atom stereocenters. The predicted molar refractivity (Wildman–Crippen MR) is 173 cm³/mol. The van der Waals surface area contributed by atoms with E-state index in [1.54, 1.807) is 60.7 Å². The minimum absolute atomic E-state index is 0.196. The molecule has 4 aromatic rings. The molecule has 5 rings (SSSR count). The van der Waals surface area contributed by atoms with Crippen LogP contribution in [0.2, 0.25) is 0 Å². The van der Waals surface area contributed by atoms with Gasteiger partial charge in [-0.1, -0.05) is 68.4 Å². The monoisotopic (exact) mass is 606 g/mol. The number of carbonyl (C=O) groups is 4. The highest BCUT2D eigenvalue weighted by Gasteiger charge is 2.39. The van der Waals surface area contributed by atoms with Gasteiger partial charge in [-0.25, -0.2) is 4.39 Å². The number of ketones is 1. The van der Waals surface area contributed by atoms with E-state index in [0.29, 0.717) is 16.9 Å². The van der Waals surface area contributed by atoms with Crippen LogP contribution in [0.3, 0.4) is 0 Å². The van der Waals surface area contributed by atoms with Crippen LogP contribution in [0.5, 0.6) is 0 Å². The minimum atomic E-state index is -1.20. The van der Waals surface area contributed by atoms with Crippen molar-refractivity contribution in [3.05, 3.63) is 125 Å². The fourth-order valence-corrected chi connectivity index (χ4v) is 5.35. The van der Waals surface area contributed by atoms with Crippen LogP contribution in [0.1, 0.15) is 52.9 Å². The van der Waals surface area contributed by atoms with Crippen LogP contribution < -0.4 is 15.1 Å². The van der Waals surface area contributed by atoms with Crippen molar-refractivity contribution >= 4 is 40.6 Å². The molecule has 0 aliphatic carbocycles. The molecule has 0 saturated carbocycles. The Balaban J connectivity index is 1.56. The summed E-state index contributed by atoms with van der Waals surface area (Å²) in [7, 11) is 3.82. The number of benzene rings is 4. The second-order valence-electron chi connectivity index (χ2n) is 11.5. The zero-order valence-corrected chi connectivity index (χ0v) is 25.7. The van der Waals surface area contributed by atoms with Crippen LogP contribution >= 0.6 is 0 Å². The van der Waals surface area contributed by atoms with Gasteiger partial charge in [0.1, 0.15) is 18.4 Å². The number of nitrogens with one attached hydrogen (secondary N) is 1. The maximum Gasteiger partial charge on any atom is 0.299 e. The molecule has 1 N–H and O–H groups in total. The maximum atomic E-state index is 15.0. The van der Waals surface area contributed by atoms with Crippen molar-refractivity contribution in [2.45, 2.75) is 32.4 Å². The Hall–Kier alpha value is -5.31. The van der Waals surface area contributed by atoms with E-state index in [1.807, 2.05) is 43.3 Å². The summed E-state index contributed by atoms with van der Waals surface area (Å²) in [6.07, 6.45) is 0. The number of halogens is 1. The summed E-state index contributed by atoms with van der Waals surface area (Å²) in [4.78, 5) is 58.4. The van der Waals surface area contributed by atoms with E-state index in [9.17, 15) is 19.2 Å². The quantitative estimate of drug-likeness (QED) is 0.225. The number of fused-ring (bicyclic) bond motifs is 1. The second-order valence-corrected chi connectivity index (χ2v) is 11.5. The van der Waals surface area contributed by atoms with Crippen LogP contribution in [0.15, 0.2) is 97.1 Å². The number of rotatable bonds is 10. The number of carbonyl (C=O) groups excluding carboxylic acids is 4. The van der Waals surface area contributed by atoms with Gasteiger partial charge in [0, 0.05) is 37.6 Å². The first-order chi connectivity index (χ1) is 21.5. The van der Waals surface area contributed by atoms with Gasteiger partial charge >= 0.3 is 0 Å². The Bertz CT molecular complexity index is 1730. The van der Waals surface area contributed by atoms with Gasteiger partial charge in [-0.3, -0.25) is 24.1 Å². The third kappa shape index (κ3) is 6.62. The third-order valence-corrected chi connectivity index (χ3v) is 7.92. The summed E-state index contributed by atoms with van der Waals surface area (Å²) in [5.41, 5.74) is 3.72. The molecule has 45 heavy (non-hydrogen) atoms. The van der Waals surface area contributed by atoms with Crippen molar-refractivity contribution in [3.63, 3.8) is 0 Å². The predicted octanol–water partition coefficient (Wildman–Crippen LogP) is 5.95. The van der Waals surface area contributed by atoms with Crippen molar-refractivity contribution in [2.75, 3.05) is 35.8 Å². The summed E-state index contributed by atoms with van der Waals surface area (Å²) < 4.78 is 15.0. The minimum Gasteiger partial charge on any atom is -0.378 e. The zero-order chi connectivity index (χ0) is 32.2. The normalized spacial score (nSPS) is 13.1. The third-order valence-electron chi connectivity index (χ3n) is 7.92. The van der Waals surface area contributed by atoms with Crippen LogP contribution in [0.4, 0.5) is 21.5 Å². The number of amides is 3. The molecular formula is C36H35FN4O4. The fraction of sp³-hybridized carbons (Fsp3) is 0.222. The van der Waals surface area contributed by atoms with Crippen molar-refractivity contribution in [1.29, 1.82) is 0 Å². The molecule has 4 aromatic carbocycles.